The Kier molecular flexibility index (Phi) is 4.08. The SMILES string of the molecule is O=C(N1CCCC1)N1CCN(c2ccc([N+](=O)[O-])cn2)CC1. The highest BCUT2D eigenvalue weighted by Gasteiger charge is 2.27. The molecule has 3 heterocycles. The van der Waals surface area contributed by atoms with Gasteiger partial charge in [-0.2, -0.15) is 0 Å². The summed E-state index contributed by atoms with van der Waals surface area (Å²) in [5, 5.41) is 10.6. The molecule has 3 rings (SSSR count). The molecule has 2 aliphatic rings. The molecule has 8 nitrogen and oxygen atoms in total. The van der Waals surface area contributed by atoms with E-state index >= 15 is 0 Å². The lowest BCUT2D eigenvalue weighted by Gasteiger charge is -2.37. The van der Waals surface area contributed by atoms with Gasteiger partial charge in [0.1, 0.15) is 12.0 Å². The zero-order valence-electron chi connectivity index (χ0n) is 12.3. The van der Waals surface area contributed by atoms with Crippen LogP contribution in [0.2, 0.25) is 0 Å². The average molecular weight is 305 g/mol. The molecule has 0 atom stereocenters. The highest BCUT2D eigenvalue weighted by molar-refractivity contribution is 5.75. The van der Waals surface area contributed by atoms with Crippen LogP contribution in [0.4, 0.5) is 16.3 Å². The Hall–Kier alpha value is -2.38. The van der Waals surface area contributed by atoms with Crippen molar-refractivity contribution in [2.45, 2.75) is 12.8 Å². The molecule has 22 heavy (non-hydrogen) atoms. The molecule has 0 N–H and O–H groups in total. The first-order chi connectivity index (χ1) is 10.6. The van der Waals surface area contributed by atoms with Gasteiger partial charge in [-0.1, -0.05) is 0 Å². The Morgan fingerprint density at radius 3 is 2.23 bits per heavy atom. The predicted molar refractivity (Wildman–Crippen MR) is 80.9 cm³/mol. The van der Waals surface area contributed by atoms with Gasteiger partial charge in [-0.05, 0) is 18.9 Å². The van der Waals surface area contributed by atoms with Gasteiger partial charge in [0.2, 0.25) is 0 Å². The highest BCUT2D eigenvalue weighted by Crippen LogP contribution is 2.18. The summed E-state index contributed by atoms with van der Waals surface area (Å²) in [6.07, 6.45) is 3.47. The fourth-order valence-electron chi connectivity index (χ4n) is 2.91. The van der Waals surface area contributed by atoms with Gasteiger partial charge in [-0.3, -0.25) is 10.1 Å². The number of amides is 2. The van der Waals surface area contributed by atoms with Crippen LogP contribution in [0.1, 0.15) is 12.8 Å². The van der Waals surface area contributed by atoms with Crippen molar-refractivity contribution in [2.24, 2.45) is 0 Å². The number of piperazine rings is 1. The molecule has 118 valence electrons. The monoisotopic (exact) mass is 305 g/mol. The molecule has 0 bridgehead atoms. The van der Waals surface area contributed by atoms with Crippen molar-refractivity contribution in [3.05, 3.63) is 28.4 Å². The summed E-state index contributed by atoms with van der Waals surface area (Å²) in [6, 6.07) is 3.26. The van der Waals surface area contributed by atoms with Crippen LogP contribution in [-0.4, -0.2) is 65.0 Å². The first-order valence-corrected chi connectivity index (χ1v) is 7.54. The van der Waals surface area contributed by atoms with Crippen molar-refractivity contribution in [1.82, 2.24) is 14.8 Å². The summed E-state index contributed by atoms with van der Waals surface area (Å²) in [5.41, 5.74) is -0.00778. The number of nitrogens with zero attached hydrogens (tertiary/aromatic N) is 5. The van der Waals surface area contributed by atoms with Crippen LogP contribution in [0, 0.1) is 10.1 Å². The topological polar surface area (TPSA) is 82.8 Å². The maximum absolute atomic E-state index is 12.3. The lowest BCUT2D eigenvalue weighted by Crippen LogP contribution is -2.52. The van der Waals surface area contributed by atoms with Gasteiger partial charge in [0, 0.05) is 45.3 Å². The number of hydrogen-bond donors (Lipinski definition) is 0. The average Bonchev–Trinajstić information content (AvgIpc) is 3.09. The summed E-state index contributed by atoms with van der Waals surface area (Å²) >= 11 is 0. The van der Waals surface area contributed by atoms with E-state index < -0.39 is 4.92 Å². The number of nitro groups is 1. The maximum Gasteiger partial charge on any atom is 0.320 e. The minimum atomic E-state index is -0.455. The fraction of sp³-hybridized carbons (Fsp3) is 0.571. The number of urea groups is 1. The smallest absolute Gasteiger partial charge is 0.320 e. The van der Waals surface area contributed by atoms with Crippen LogP contribution in [-0.2, 0) is 0 Å². The second-order valence-corrected chi connectivity index (χ2v) is 5.58. The normalized spacial score (nSPS) is 18.6. The zero-order valence-corrected chi connectivity index (χ0v) is 12.3. The van der Waals surface area contributed by atoms with E-state index in [1.165, 1.54) is 12.3 Å². The minimum Gasteiger partial charge on any atom is -0.353 e. The van der Waals surface area contributed by atoms with Crippen molar-refractivity contribution in [3.8, 4) is 0 Å². The van der Waals surface area contributed by atoms with Gasteiger partial charge >= 0.3 is 6.03 Å². The molecule has 0 aromatic carbocycles. The standard InChI is InChI=1S/C14H19N5O3/c20-14(17-5-1-2-6-17)18-9-7-16(8-10-18)13-4-3-12(11-15-13)19(21)22/h3-4,11H,1-2,5-10H2. The summed E-state index contributed by atoms with van der Waals surface area (Å²) in [5.74, 6) is 0.721. The van der Waals surface area contributed by atoms with Crippen LogP contribution in [0.15, 0.2) is 18.3 Å². The lowest BCUT2D eigenvalue weighted by molar-refractivity contribution is -0.385. The van der Waals surface area contributed by atoms with E-state index in [0.717, 1.165) is 31.7 Å². The first-order valence-electron chi connectivity index (χ1n) is 7.54. The number of likely N-dealkylation sites (tertiary alicyclic amines) is 1. The maximum atomic E-state index is 12.3. The Bertz CT molecular complexity index is 548. The molecule has 0 spiro atoms. The largest absolute Gasteiger partial charge is 0.353 e. The molecule has 0 saturated carbocycles. The van der Waals surface area contributed by atoms with E-state index in [9.17, 15) is 14.9 Å². The van der Waals surface area contributed by atoms with Crippen molar-refractivity contribution in [2.75, 3.05) is 44.2 Å². The molecular weight excluding hydrogens is 286 g/mol. The molecule has 0 aliphatic carbocycles. The van der Waals surface area contributed by atoms with Gasteiger partial charge in [-0.15, -0.1) is 0 Å². The van der Waals surface area contributed by atoms with E-state index in [1.54, 1.807) is 6.07 Å². The second kappa shape index (κ2) is 6.17. The predicted octanol–water partition coefficient (Wildman–Crippen LogP) is 1.33. The Labute approximate surface area is 128 Å². The summed E-state index contributed by atoms with van der Waals surface area (Å²) < 4.78 is 0. The van der Waals surface area contributed by atoms with Gasteiger partial charge in [0.25, 0.3) is 5.69 Å². The molecular formula is C14H19N5O3. The lowest BCUT2D eigenvalue weighted by atomic mass is 10.3. The Morgan fingerprint density at radius 2 is 1.68 bits per heavy atom. The molecule has 1 aromatic rings. The third-order valence-electron chi connectivity index (χ3n) is 4.19. The molecule has 0 unspecified atom stereocenters. The Morgan fingerprint density at radius 1 is 1.05 bits per heavy atom. The number of aromatic nitrogens is 1. The quantitative estimate of drug-likeness (QED) is 0.608. The molecule has 2 fully saturated rings. The van der Waals surface area contributed by atoms with Crippen molar-refractivity contribution in [3.63, 3.8) is 0 Å². The number of anilines is 1. The van der Waals surface area contributed by atoms with E-state index in [-0.39, 0.29) is 11.7 Å². The zero-order chi connectivity index (χ0) is 15.5. The Balaban J connectivity index is 1.57. The third kappa shape index (κ3) is 2.95. The number of carbonyl (C=O) groups is 1. The van der Waals surface area contributed by atoms with Crippen molar-refractivity contribution in [1.29, 1.82) is 0 Å². The molecule has 2 aliphatic heterocycles. The second-order valence-electron chi connectivity index (χ2n) is 5.58. The highest BCUT2D eigenvalue weighted by atomic mass is 16.6. The number of rotatable bonds is 2. The number of carbonyl (C=O) groups excluding carboxylic acids is 1. The summed E-state index contributed by atoms with van der Waals surface area (Å²) in [4.78, 5) is 32.5. The van der Waals surface area contributed by atoms with E-state index in [4.69, 9.17) is 0 Å². The van der Waals surface area contributed by atoms with Gasteiger partial charge in [0.05, 0.1) is 4.92 Å². The van der Waals surface area contributed by atoms with Crippen LogP contribution < -0.4 is 4.90 Å². The van der Waals surface area contributed by atoms with Crippen LogP contribution in [0.3, 0.4) is 0 Å². The van der Waals surface area contributed by atoms with Crippen molar-refractivity contribution < 1.29 is 9.72 Å². The molecule has 8 heteroatoms. The van der Waals surface area contributed by atoms with Gasteiger partial charge in [0.15, 0.2) is 0 Å². The van der Waals surface area contributed by atoms with Crippen LogP contribution in [0.5, 0.6) is 0 Å². The number of pyridine rings is 1. The minimum absolute atomic E-state index is 0.00778. The van der Waals surface area contributed by atoms with E-state index in [2.05, 4.69) is 9.88 Å². The van der Waals surface area contributed by atoms with E-state index in [0.29, 0.717) is 26.2 Å². The van der Waals surface area contributed by atoms with Crippen molar-refractivity contribution >= 4 is 17.5 Å². The summed E-state index contributed by atoms with van der Waals surface area (Å²) in [7, 11) is 0. The van der Waals surface area contributed by atoms with Crippen LogP contribution in [0.25, 0.3) is 0 Å². The van der Waals surface area contributed by atoms with E-state index in [1.807, 2.05) is 9.80 Å². The van der Waals surface area contributed by atoms with Crippen LogP contribution >= 0.6 is 0 Å². The first kappa shape index (κ1) is 14.6. The third-order valence-corrected chi connectivity index (χ3v) is 4.19. The summed E-state index contributed by atoms with van der Waals surface area (Å²) in [6.45, 7) is 4.45. The number of hydrogen-bond acceptors (Lipinski definition) is 5. The van der Waals surface area contributed by atoms with Gasteiger partial charge < -0.3 is 14.7 Å². The van der Waals surface area contributed by atoms with Gasteiger partial charge in [-0.25, -0.2) is 9.78 Å². The molecule has 2 amide bonds. The molecule has 2 saturated heterocycles. The molecule has 1 aromatic heterocycles. The molecule has 0 radical (unpaired) electrons. The fourth-order valence-corrected chi connectivity index (χ4v) is 2.91.